The summed E-state index contributed by atoms with van der Waals surface area (Å²) in [6.45, 7) is 17.8. The third-order valence-corrected chi connectivity index (χ3v) is 5.23. The number of hydrogen-bond acceptors (Lipinski definition) is 4. The van der Waals surface area contributed by atoms with Crippen LogP contribution in [0.3, 0.4) is 0 Å². The Morgan fingerprint density at radius 3 is 1.21 bits per heavy atom. The molecule has 0 aliphatic carbocycles. The van der Waals surface area contributed by atoms with E-state index in [0.717, 1.165) is 12.2 Å². The zero-order valence-corrected chi connectivity index (χ0v) is 16.7. The van der Waals surface area contributed by atoms with Crippen LogP contribution in [-0.2, 0) is 19.1 Å². The second-order valence-corrected chi connectivity index (χ2v) is 7.75. The Balaban J connectivity index is 4.15. The molecule has 4 nitrogen and oxygen atoms in total. The molecule has 24 heavy (non-hydrogen) atoms. The molecule has 4 unspecified atom stereocenters. The van der Waals surface area contributed by atoms with Crippen LogP contribution in [0, 0.1) is 35.5 Å². The smallest absolute Gasteiger partial charge is 0.331 e. The van der Waals surface area contributed by atoms with Crippen molar-refractivity contribution in [3.8, 4) is 0 Å². The van der Waals surface area contributed by atoms with Crippen LogP contribution in [0.2, 0.25) is 0 Å². The summed E-state index contributed by atoms with van der Waals surface area (Å²) in [5.41, 5.74) is 0. The third kappa shape index (κ3) is 9.09. The van der Waals surface area contributed by atoms with Gasteiger partial charge in [-0.25, -0.2) is 9.59 Å². The van der Waals surface area contributed by atoms with Crippen molar-refractivity contribution in [2.45, 2.75) is 55.4 Å². The van der Waals surface area contributed by atoms with Crippen molar-refractivity contribution in [2.24, 2.45) is 35.5 Å². The second-order valence-electron chi connectivity index (χ2n) is 7.75. The average Bonchev–Trinajstić information content (AvgIpc) is 2.53. The van der Waals surface area contributed by atoms with Crippen LogP contribution in [0.25, 0.3) is 0 Å². The molecule has 0 radical (unpaired) electrons. The van der Waals surface area contributed by atoms with E-state index >= 15 is 0 Å². The van der Waals surface area contributed by atoms with Crippen molar-refractivity contribution in [3.63, 3.8) is 0 Å². The first-order chi connectivity index (χ1) is 11.1. The minimum absolute atomic E-state index is 0.285. The van der Waals surface area contributed by atoms with Gasteiger partial charge in [0.2, 0.25) is 0 Å². The zero-order valence-electron chi connectivity index (χ0n) is 16.7. The molecule has 0 amide bonds. The van der Waals surface area contributed by atoms with E-state index in [9.17, 15) is 9.59 Å². The molecule has 0 aromatic heterocycles. The maximum Gasteiger partial charge on any atom is 0.331 e. The second kappa shape index (κ2) is 11.3. The van der Waals surface area contributed by atoms with Gasteiger partial charge >= 0.3 is 11.9 Å². The van der Waals surface area contributed by atoms with Crippen LogP contribution in [0.1, 0.15) is 55.4 Å². The molecule has 0 aliphatic heterocycles. The first-order valence-corrected chi connectivity index (χ1v) is 9.07. The van der Waals surface area contributed by atoms with Gasteiger partial charge in [0.1, 0.15) is 0 Å². The van der Waals surface area contributed by atoms with E-state index in [4.69, 9.17) is 9.47 Å². The van der Waals surface area contributed by atoms with E-state index in [1.165, 1.54) is 0 Å². The standard InChI is InChI=1S/C20H36O4/c1-13(2)17(7)15(5)11-23-19(21)9-10-20(22)24-12-16(6)18(8)14(3)4/h9-10,13-18H,11-12H2,1-8H3/b10-9-. The first-order valence-electron chi connectivity index (χ1n) is 9.07. The molecular weight excluding hydrogens is 304 g/mol. The van der Waals surface area contributed by atoms with Gasteiger partial charge in [0, 0.05) is 12.2 Å². The number of ether oxygens (including phenoxy) is 2. The fraction of sp³-hybridized carbons (Fsp3) is 0.800. The molecule has 140 valence electrons. The fourth-order valence-electron chi connectivity index (χ4n) is 2.28. The van der Waals surface area contributed by atoms with E-state index in [2.05, 4.69) is 55.4 Å². The maximum atomic E-state index is 11.7. The predicted octanol–water partition coefficient (Wildman–Crippen LogP) is 4.49. The molecule has 4 atom stereocenters. The van der Waals surface area contributed by atoms with Gasteiger partial charge in [-0.05, 0) is 35.5 Å². The molecule has 0 saturated heterocycles. The summed E-state index contributed by atoms with van der Waals surface area (Å²) in [4.78, 5) is 23.3. The Morgan fingerprint density at radius 1 is 0.667 bits per heavy atom. The molecule has 0 N–H and O–H groups in total. The number of carbonyl (C=O) groups excluding carboxylic acids is 2. The summed E-state index contributed by atoms with van der Waals surface area (Å²) in [5, 5.41) is 0. The molecule has 0 fully saturated rings. The summed E-state index contributed by atoms with van der Waals surface area (Å²) in [6.07, 6.45) is 2.29. The summed E-state index contributed by atoms with van der Waals surface area (Å²) in [6, 6.07) is 0. The van der Waals surface area contributed by atoms with Gasteiger partial charge in [0.25, 0.3) is 0 Å². The predicted molar refractivity (Wildman–Crippen MR) is 97.4 cm³/mol. The highest BCUT2D eigenvalue weighted by atomic mass is 16.5. The van der Waals surface area contributed by atoms with Gasteiger partial charge in [0.15, 0.2) is 0 Å². The van der Waals surface area contributed by atoms with Gasteiger partial charge < -0.3 is 9.47 Å². The van der Waals surface area contributed by atoms with Crippen molar-refractivity contribution in [3.05, 3.63) is 12.2 Å². The largest absolute Gasteiger partial charge is 0.462 e. The van der Waals surface area contributed by atoms with Crippen LogP contribution in [0.5, 0.6) is 0 Å². The van der Waals surface area contributed by atoms with Crippen LogP contribution in [0.4, 0.5) is 0 Å². The van der Waals surface area contributed by atoms with E-state index in [1.54, 1.807) is 0 Å². The number of hydrogen-bond donors (Lipinski definition) is 0. The lowest BCUT2D eigenvalue weighted by molar-refractivity contribution is -0.142. The number of rotatable bonds is 10. The monoisotopic (exact) mass is 340 g/mol. The number of carbonyl (C=O) groups is 2. The van der Waals surface area contributed by atoms with Gasteiger partial charge in [-0.3, -0.25) is 0 Å². The lowest BCUT2D eigenvalue weighted by Gasteiger charge is -2.22. The van der Waals surface area contributed by atoms with Crippen LogP contribution < -0.4 is 0 Å². The molecule has 0 rings (SSSR count). The minimum atomic E-state index is -0.502. The van der Waals surface area contributed by atoms with Crippen molar-refractivity contribution >= 4 is 11.9 Å². The average molecular weight is 341 g/mol. The van der Waals surface area contributed by atoms with Crippen molar-refractivity contribution in [1.29, 1.82) is 0 Å². The molecule has 0 bridgehead atoms. The first kappa shape index (κ1) is 22.7. The van der Waals surface area contributed by atoms with Gasteiger partial charge in [-0.2, -0.15) is 0 Å². The summed E-state index contributed by atoms with van der Waals surface area (Å²) in [5.74, 6) is 1.59. The van der Waals surface area contributed by atoms with Gasteiger partial charge in [0.05, 0.1) is 13.2 Å². The quantitative estimate of drug-likeness (QED) is 0.434. The summed E-state index contributed by atoms with van der Waals surface area (Å²) in [7, 11) is 0. The fourth-order valence-corrected chi connectivity index (χ4v) is 2.28. The van der Waals surface area contributed by atoms with Crippen molar-refractivity contribution < 1.29 is 19.1 Å². The van der Waals surface area contributed by atoms with E-state index in [1.807, 2.05) is 0 Å². The lowest BCUT2D eigenvalue weighted by Crippen LogP contribution is -2.21. The van der Waals surface area contributed by atoms with Gasteiger partial charge in [-0.15, -0.1) is 0 Å². The maximum absolute atomic E-state index is 11.7. The molecule has 0 aromatic rings. The Morgan fingerprint density at radius 2 is 0.958 bits per heavy atom. The molecule has 0 aliphatic rings. The van der Waals surface area contributed by atoms with Crippen LogP contribution in [-0.4, -0.2) is 25.2 Å². The highest BCUT2D eigenvalue weighted by Crippen LogP contribution is 2.21. The molecule has 0 saturated carbocycles. The Bertz CT molecular complexity index is 374. The molecule has 0 heterocycles. The molecule has 0 spiro atoms. The Labute approximate surface area is 148 Å². The molecule has 4 heteroatoms. The highest BCUT2D eigenvalue weighted by Gasteiger charge is 2.18. The normalized spacial score (nSPS) is 16.9. The summed E-state index contributed by atoms with van der Waals surface area (Å²) >= 11 is 0. The Hall–Kier alpha value is -1.32. The molecular formula is C20H36O4. The molecule has 0 aromatic carbocycles. The summed E-state index contributed by atoms with van der Waals surface area (Å²) < 4.78 is 10.4. The highest BCUT2D eigenvalue weighted by molar-refractivity contribution is 5.91. The van der Waals surface area contributed by atoms with Crippen molar-refractivity contribution in [2.75, 3.05) is 13.2 Å². The SMILES string of the molecule is CC(C)C(C)C(C)COC(=O)/C=C\C(=O)OCC(C)C(C)C(C)C. The third-order valence-electron chi connectivity index (χ3n) is 5.23. The number of esters is 2. The van der Waals surface area contributed by atoms with Crippen molar-refractivity contribution in [1.82, 2.24) is 0 Å². The van der Waals surface area contributed by atoms with E-state index in [0.29, 0.717) is 36.9 Å². The van der Waals surface area contributed by atoms with E-state index in [-0.39, 0.29) is 11.8 Å². The minimum Gasteiger partial charge on any atom is -0.462 e. The Kier molecular flexibility index (Phi) is 10.7. The van der Waals surface area contributed by atoms with Crippen LogP contribution in [0.15, 0.2) is 12.2 Å². The van der Waals surface area contributed by atoms with E-state index < -0.39 is 11.9 Å². The zero-order chi connectivity index (χ0) is 18.9. The topological polar surface area (TPSA) is 52.6 Å². The lowest BCUT2D eigenvalue weighted by atomic mass is 9.87. The van der Waals surface area contributed by atoms with Gasteiger partial charge in [-0.1, -0.05) is 55.4 Å². The van der Waals surface area contributed by atoms with Crippen LogP contribution >= 0.6 is 0 Å².